The number of para-hydroxylation sites is 1. The van der Waals surface area contributed by atoms with Gasteiger partial charge in [-0.05, 0) is 37.3 Å². The summed E-state index contributed by atoms with van der Waals surface area (Å²) in [6.45, 7) is 2.25. The van der Waals surface area contributed by atoms with E-state index in [-0.39, 0.29) is 10.6 Å². The third kappa shape index (κ3) is 4.14. The topological polar surface area (TPSA) is 84.9 Å². The first-order valence-corrected chi connectivity index (χ1v) is 9.39. The Bertz CT molecular complexity index is 894. The van der Waals surface area contributed by atoms with E-state index in [1.54, 1.807) is 24.3 Å². The van der Waals surface area contributed by atoms with Crippen LogP contribution in [0.4, 0.5) is 5.69 Å². The van der Waals surface area contributed by atoms with E-state index in [0.29, 0.717) is 23.7 Å². The number of carbonyl (C=O) groups is 1. The molecule has 0 atom stereocenters. The Morgan fingerprint density at radius 1 is 1.12 bits per heavy atom. The molecule has 0 heterocycles. The molecular formula is C18H22N2O5S. The molecule has 2 aromatic carbocycles. The molecule has 2 aromatic rings. The second-order valence-corrected chi connectivity index (χ2v) is 7.68. The van der Waals surface area contributed by atoms with Gasteiger partial charge in [-0.1, -0.05) is 12.1 Å². The van der Waals surface area contributed by atoms with Crippen molar-refractivity contribution in [1.29, 1.82) is 0 Å². The Kier molecular flexibility index (Phi) is 6.23. The molecule has 140 valence electrons. The Morgan fingerprint density at radius 3 is 2.42 bits per heavy atom. The molecule has 0 aliphatic rings. The zero-order chi connectivity index (χ0) is 19.3. The molecule has 1 N–H and O–H groups in total. The highest BCUT2D eigenvalue weighted by Gasteiger charge is 2.21. The largest absolute Gasteiger partial charge is 0.495 e. The molecule has 7 nitrogen and oxygen atoms in total. The van der Waals surface area contributed by atoms with Crippen LogP contribution < -0.4 is 14.8 Å². The molecule has 0 aliphatic heterocycles. The van der Waals surface area contributed by atoms with E-state index in [4.69, 9.17) is 9.47 Å². The summed E-state index contributed by atoms with van der Waals surface area (Å²) in [4.78, 5) is 12.7. The van der Waals surface area contributed by atoms with Crippen LogP contribution in [0.25, 0.3) is 0 Å². The summed E-state index contributed by atoms with van der Waals surface area (Å²) in [6.07, 6.45) is 0. The lowest BCUT2D eigenvalue weighted by Crippen LogP contribution is -2.22. The van der Waals surface area contributed by atoms with Gasteiger partial charge in [0.15, 0.2) is 0 Å². The summed E-state index contributed by atoms with van der Waals surface area (Å²) in [5.41, 5.74) is 0.601. The first-order chi connectivity index (χ1) is 12.3. The Morgan fingerprint density at radius 2 is 1.81 bits per heavy atom. The highest BCUT2D eigenvalue weighted by molar-refractivity contribution is 7.89. The van der Waals surface area contributed by atoms with Crippen molar-refractivity contribution in [2.24, 2.45) is 0 Å². The van der Waals surface area contributed by atoms with Gasteiger partial charge in [0.2, 0.25) is 10.0 Å². The summed E-state index contributed by atoms with van der Waals surface area (Å²) < 4.78 is 36.5. The van der Waals surface area contributed by atoms with Gasteiger partial charge < -0.3 is 14.8 Å². The number of amides is 1. The van der Waals surface area contributed by atoms with Crippen molar-refractivity contribution in [3.63, 3.8) is 0 Å². The summed E-state index contributed by atoms with van der Waals surface area (Å²) in [5, 5.41) is 2.70. The SMILES string of the molecule is CCOc1ccccc1C(=O)Nc1cc(S(=O)(=O)N(C)C)ccc1OC. The Hall–Kier alpha value is -2.58. The van der Waals surface area contributed by atoms with Crippen LogP contribution in [0.15, 0.2) is 47.4 Å². The molecule has 26 heavy (non-hydrogen) atoms. The number of ether oxygens (including phenoxy) is 2. The number of hydrogen-bond acceptors (Lipinski definition) is 5. The van der Waals surface area contributed by atoms with E-state index in [9.17, 15) is 13.2 Å². The summed E-state index contributed by atoms with van der Waals surface area (Å²) in [5.74, 6) is 0.375. The second-order valence-electron chi connectivity index (χ2n) is 5.53. The molecule has 0 aromatic heterocycles. The van der Waals surface area contributed by atoms with Gasteiger partial charge in [0, 0.05) is 14.1 Å². The quantitative estimate of drug-likeness (QED) is 0.800. The molecule has 2 rings (SSSR count). The van der Waals surface area contributed by atoms with Gasteiger partial charge in [-0.25, -0.2) is 12.7 Å². The number of sulfonamides is 1. The standard InChI is InChI=1S/C18H22N2O5S/c1-5-25-16-9-7-6-8-14(16)18(21)19-15-12-13(10-11-17(15)24-4)26(22,23)20(2)3/h6-12H,5H2,1-4H3,(H,19,21). The summed E-state index contributed by atoms with van der Waals surface area (Å²) >= 11 is 0. The molecule has 0 fully saturated rings. The molecule has 0 aliphatic carbocycles. The number of carbonyl (C=O) groups excluding carboxylic acids is 1. The van der Waals surface area contributed by atoms with Crippen molar-refractivity contribution >= 4 is 21.6 Å². The van der Waals surface area contributed by atoms with Crippen LogP contribution in [0.3, 0.4) is 0 Å². The van der Waals surface area contributed by atoms with Crippen LogP contribution in [0.2, 0.25) is 0 Å². The monoisotopic (exact) mass is 378 g/mol. The van der Waals surface area contributed by atoms with Crippen LogP contribution in [0.1, 0.15) is 17.3 Å². The second kappa shape index (κ2) is 8.20. The van der Waals surface area contributed by atoms with Gasteiger partial charge in [0.25, 0.3) is 5.91 Å². The molecule has 0 radical (unpaired) electrons. The molecule has 0 saturated heterocycles. The minimum absolute atomic E-state index is 0.0525. The fraction of sp³-hybridized carbons (Fsp3) is 0.278. The first-order valence-electron chi connectivity index (χ1n) is 7.95. The molecule has 0 unspecified atom stereocenters. The van der Waals surface area contributed by atoms with Crippen LogP contribution >= 0.6 is 0 Å². The normalized spacial score (nSPS) is 11.3. The maximum absolute atomic E-state index is 12.7. The fourth-order valence-corrected chi connectivity index (χ4v) is 3.21. The Balaban J connectivity index is 2.41. The predicted octanol–water partition coefficient (Wildman–Crippen LogP) is 2.60. The van der Waals surface area contributed by atoms with Crippen molar-refractivity contribution in [3.05, 3.63) is 48.0 Å². The highest BCUT2D eigenvalue weighted by atomic mass is 32.2. The summed E-state index contributed by atoms with van der Waals surface area (Å²) in [7, 11) is 0.685. The number of methoxy groups -OCH3 is 1. The first kappa shape index (κ1) is 19.7. The van der Waals surface area contributed by atoms with Crippen molar-refractivity contribution in [2.45, 2.75) is 11.8 Å². The molecule has 8 heteroatoms. The number of rotatable bonds is 7. The number of nitrogens with zero attached hydrogens (tertiary/aromatic N) is 1. The van der Waals surface area contributed by atoms with Crippen LogP contribution in [0.5, 0.6) is 11.5 Å². The third-order valence-corrected chi connectivity index (χ3v) is 5.44. The van der Waals surface area contributed by atoms with Crippen LogP contribution in [0, 0.1) is 0 Å². The minimum atomic E-state index is -3.64. The van der Waals surface area contributed by atoms with E-state index in [2.05, 4.69) is 5.32 Å². The van der Waals surface area contributed by atoms with Gasteiger partial charge in [-0.3, -0.25) is 4.79 Å². The van der Waals surface area contributed by atoms with Crippen LogP contribution in [-0.4, -0.2) is 46.4 Å². The number of hydrogen-bond donors (Lipinski definition) is 1. The van der Waals surface area contributed by atoms with E-state index >= 15 is 0 Å². The van der Waals surface area contributed by atoms with Gasteiger partial charge in [-0.15, -0.1) is 0 Å². The molecule has 0 bridgehead atoms. The molecule has 0 spiro atoms. The number of anilines is 1. The smallest absolute Gasteiger partial charge is 0.259 e. The Labute approximate surface area is 153 Å². The van der Waals surface area contributed by atoms with E-state index < -0.39 is 15.9 Å². The third-order valence-electron chi connectivity index (χ3n) is 3.63. The van der Waals surface area contributed by atoms with Gasteiger partial charge in [0.05, 0.1) is 29.9 Å². The summed E-state index contributed by atoms with van der Waals surface area (Å²) in [6, 6.07) is 11.1. The zero-order valence-electron chi connectivity index (χ0n) is 15.1. The predicted molar refractivity (Wildman–Crippen MR) is 99.4 cm³/mol. The molecule has 0 saturated carbocycles. The van der Waals surface area contributed by atoms with Crippen molar-refractivity contribution in [1.82, 2.24) is 4.31 Å². The van der Waals surface area contributed by atoms with Gasteiger partial charge >= 0.3 is 0 Å². The van der Waals surface area contributed by atoms with Gasteiger partial charge in [-0.2, -0.15) is 0 Å². The average molecular weight is 378 g/mol. The van der Waals surface area contributed by atoms with E-state index in [0.717, 1.165) is 4.31 Å². The average Bonchev–Trinajstić information content (AvgIpc) is 2.62. The van der Waals surface area contributed by atoms with E-state index in [1.807, 2.05) is 6.92 Å². The molecule has 1 amide bonds. The minimum Gasteiger partial charge on any atom is -0.495 e. The molecular weight excluding hydrogens is 356 g/mol. The van der Waals surface area contributed by atoms with E-state index in [1.165, 1.54) is 39.4 Å². The lowest BCUT2D eigenvalue weighted by molar-refractivity contribution is 0.102. The highest BCUT2D eigenvalue weighted by Crippen LogP contribution is 2.29. The lowest BCUT2D eigenvalue weighted by atomic mass is 10.1. The number of nitrogens with one attached hydrogen (secondary N) is 1. The van der Waals surface area contributed by atoms with Crippen molar-refractivity contribution in [2.75, 3.05) is 33.1 Å². The van der Waals surface area contributed by atoms with Crippen molar-refractivity contribution < 1.29 is 22.7 Å². The van der Waals surface area contributed by atoms with Crippen LogP contribution in [-0.2, 0) is 10.0 Å². The van der Waals surface area contributed by atoms with Gasteiger partial charge in [0.1, 0.15) is 11.5 Å². The maximum atomic E-state index is 12.7. The number of benzene rings is 2. The lowest BCUT2D eigenvalue weighted by Gasteiger charge is -2.16. The zero-order valence-corrected chi connectivity index (χ0v) is 16.0. The fourth-order valence-electron chi connectivity index (χ4n) is 2.28. The van der Waals surface area contributed by atoms with Crippen molar-refractivity contribution in [3.8, 4) is 11.5 Å². The maximum Gasteiger partial charge on any atom is 0.259 e.